The first kappa shape index (κ1) is 13.3. The number of thiazole rings is 1. The van der Waals surface area contributed by atoms with Gasteiger partial charge in [0.1, 0.15) is 16.8 Å². The Morgan fingerprint density at radius 2 is 2.29 bits per heavy atom. The smallest absolute Gasteiger partial charge is 0.119 e. The Morgan fingerprint density at radius 1 is 1.38 bits per heavy atom. The number of ether oxygens (including phenoxy) is 1. The summed E-state index contributed by atoms with van der Waals surface area (Å²) in [6.07, 6.45) is 3.35. The second-order valence-corrected chi connectivity index (χ2v) is 5.30. The van der Waals surface area contributed by atoms with Crippen LogP contribution >= 0.6 is 11.3 Å². The van der Waals surface area contributed by atoms with E-state index in [0.29, 0.717) is 12.1 Å². The highest BCUT2D eigenvalue weighted by Crippen LogP contribution is 2.29. The van der Waals surface area contributed by atoms with E-state index in [0.717, 1.165) is 27.3 Å². The van der Waals surface area contributed by atoms with E-state index in [9.17, 15) is 5.26 Å². The van der Waals surface area contributed by atoms with Gasteiger partial charge in [0.05, 0.1) is 30.4 Å². The summed E-state index contributed by atoms with van der Waals surface area (Å²) in [4.78, 5) is 8.54. The van der Waals surface area contributed by atoms with E-state index < -0.39 is 0 Å². The normalized spacial score (nSPS) is 10.3. The number of benzene rings is 1. The predicted octanol–water partition coefficient (Wildman–Crippen LogP) is 3.18. The fourth-order valence-electron chi connectivity index (χ4n) is 2.08. The highest BCUT2D eigenvalue weighted by atomic mass is 32.1. The molecule has 0 saturated heterocycles. The number of methoxy groups -OCH3 is 1. The third-order valence-corrected chi connectivity index (χ3v) is 3.88. The number of nitriles is 1. The van der Waals surface area contributed by atoms with Crippen LogP contribution in [0.2, 0.25) is 0 Å². The van der Waals surface area contributed by atoms with Crippen LogP contribution in [0.5, 0.6) is 5.75 Å². The molecule has 0 aliphatic carbocycles. The molecule has 2 aromatic heterocycles. The van der Waals surface area contributed by atoms with Gasteiger partial charge in [0, 0.05) is 23.2 Å². The fourth-order valence-corrected chi connectivity index (χ4v) is 2.63. The van der Waals surface area contributed by atoms with Gasteiger partial charge in [0.2, 0.25) is 0 Å². The van der Waals surface area contributed by atoms with Crippen molar-refractivity contribution in [2.45, 2.75) is 6.54 Å². The van der Waals surface area contributed by atoms with Crippen LogP contribution in [0, 0.1) is 11.3 Å². The third-order valence-electron chi connectivity index (χ3n) is 3.10. The van der Waals surface area contributed by atoms with Crippen LogP contribution in [0.3, 0.4) is 0 Å². The number of anilines is 1. The van der Waals surface area contributed by atoms with Crippen LogP contribution in [-0.4, -0.2) is 17.1 Å². The lowest BCUT2D eigenvalue weighted by molar-refractivity contribution is 0.415. The van der Waals surface area contributed by atoms with Crippen LogP contribution in [0.1, 0.15) is 10.6 Å². The van der Waals surface area contributed by atoms with Gasteiger partial charge in [-0.15, -0.1) is 11.3 Å². The molecule has 0 aliphatic rings. The number of nitrogens with one attached hydrogen (secondary N) is 1. The minimum atomic E-state index is 0.507. The third kappa shape index (κ3) is 2.64. The molecule has 1 N–H and O–H groups in total. The Hall–Kier alpha value is -2.65. The average molecular weight is 296 g/mol. The molecule has 0 spiro atoms. The van der Waals surface area contributed by atoms with Crippen molar-refractivity contribution in [3.8, 4) is 11.8 Å². The summed E-state index contributed by atoms with van der Waals surface area (Å²) >= 11 is 1.57. The summed E-state index contributed by atoms with van der Waals surface area (Å²) in [5.41, 5.74) is 2.08. The number of hydrogen-bond acceptors (Lipinski definition) is 6. The van der Waals surface area contributed by atoms with Crippen LogP contribution in [0.4, 0.5) is 5.69 Å². The lowest BCUT2D eigenvalue weighted by Crippen LogP contribution is -2.02. The van der Waals surface area contributed by atoms with Crippen LogP contribution in [-0.2, 0) is 6.54 Å². The van der Waals surface area contributed by atoms with Crippen molar-refractivity contribution in [1.29, 1.82) is 5.26 Å². The van der Waals surface area contributed by atoms with Crippen molar-refractivity contribution in [1.82, 2.24) is 9.97 Å². The number of hydrogen-bond donors (Lipinski definition) is 1. The van der Waals surface area contributed by atoms with Crippen molar-refractivity contribution in [2.24, 2.45) is 0 Å². The maximum absolute atomic E-state index is 9.29. The lowest BCUT2D eigenvalue weighted by Gasteiger charge is -2.11. The predicted molar refractivity (Wildman–Crippen MR) is 82.5 cm³/mol. The average Bonchev–Trinajstić information content (AvgIpc) is 3.05. The van der Waals surface area contributed by atoms with Gasteiger partial charge in [-0.25, -0.2) is 4.98 Å². The summed E-state index contributed by atoms with van der Waals surface area (Å²) in [5, 5.41) is 16.3. The molecule has 3 aromatic rings. The van der Waals surface area contributed by atoms with Crippen molar-refractivity contribution in [2.75, 3.05) is 12.4 Å². The molecule has 0 fully saturated rings. The van der Waals surface area contributed by atoms with Crippen molar-refractivity contribution in [3.63, 3.8) is 0 Å². The molecule has 0 saturated carbocycles. The van der Waals surface area contributed by atoms with Gasteiger partial charge in [0.15, 0.2) is 0 Å². The molecule has 0 atom stereocenters. The van der Waals surface area contributed by atoms with E-state index >= 15 is 0 Å². The van der Waals surface area contributed by atoms with Gasteiger partial charge in [-0.2, -0.15) is 5.26 Å². The topological polar surface area (TPSA) is 70.8 Å². The van der Waals surface area contributed by atoms with Crippen molar-refractivity contribution in [3.05, 3.63) is 46.5 Å². The fraction of sp³-hybridized carbons (Fsp3) is 0.133. The zero-order valence-electron chi connectivity index (χ0n) is 11.3. The number of nitrogens with zero attached hydrogens (tertiary/aromatic N) is 3. The van der Waals surface area contributed by atoms with Crippen molar-refractivity contribution >= 4 is 27.9 Å². The summed E-state index contributed by atoms with van der Waals surface area (Å²) in [6, 6.07) is 7.79. The zero-order valence-corrected chi connectivity index (χ0v) is 12.1. The summed E-state index contributed by atoms with van der Waals surface area (Å²) in [5.74, 6) is 0.733. The SMILES string of the molecule is COc1ccc2ncc(C#N)c(NCc3nccs3)c2c1. The van der Waals surface area contributed by atoms with E-state index in [1.807, 2.05) is 23.6 Å². The Morgan fingerprint density at radius 3 is 3.00 bits per heavy atom. The first-order chi connectivity index (χ1) is 10.3. The van der Waals surface area contributed by atoms with Gasteiger partial charge < -0.3 is 10.1 Å². The largest absolute Gasteiger partial charge is 0.497 e. The van der Waals surface area contributed by atoms with Crippen molar-refractivity contribution < 1.29 is 4.74 Å². The van der Waals surface area contributed by atoms with E-state index in [2.05, 4.69) is 21.4 Å². The van der Waals surface area contributed by atoms with Gasteiger partial charge in [-0.3, -0.25) is 4.98 Å². The summed E-state index contributed by atoms with van der Waals surface area (Å²) in [6.45, 7) is 0.572. The second kappa shape index (κ2) is 5.77. The van der Waals surface area contributed by atoms with Crippen LogP contribution in [0.15, 0.2) is 36.0 Å². The first-order valence-corrected chi connectivity index (χ1v) is 7.19. The highest BCUT2D eigenvalue weighted by Gasteiger charge is 2.10. The molecule has 2 heterocycles. The van der Waals surface area contributed by atoms with E-state index in [1.165, 1.54) is 0 Å². The van der Waals surface area contributed by atoms with Gasteiger partial charge >= 0.3 is 0 Å². The Bertz CT molecular complexity index is 808. The number of fused-ring (bicyclic) bond motifs is 1. The van der Waals surface area contributed by atoms with E-state index in [-0.39, 0.29) is 0 Å². The first-order valence-electron chi connectivity index (χ1n) is 6.31. The molecular formula is C15H12N4OS. The number of rotatable bonds is 4. The molecule has 0 aliphatic heterocycles. The molecule has 5 nitrogen and oxygen atoms in total. The Kier molecular flexibility index (Phi) is 3.67. The molecular weight excluding hydrogens is 284 g/mol. The molecule has 1 aromatic carbocycles. The molecule has 104 valence electrons. The van der Waals surface area contributed by atoms with Crippen LogP contribution < -0.4 is 10.1 Å². The van der Waals surface area contributed by atoms with E-state index in [4.69, 9.17) is 4.74 Å². The summed E-state index contributed by atoms with van der Waals surface area (Å²) in [7, 11) is 1.62. The minimum absolute atomic E-state index is 0.507. The maximum Gasteiger partial charge on any atom is 0.119 e. The molecule has 0 amide bonds. The summed E-state index contributed by atoms with van der Waals surface area (Å²) < 4.78 is 5.25. The highest BCUT2D eigenvalue weighted by molar-refractivity contribution is 7.09. The molecule has 0 radical (unpaired) electrons. The Labute approximate surface area is 125 Å². The number of pyridine rings is 1. The van der Waals surface area contributed by atoms with Gasteiger partial charge in [-0.05, 0) is 18.2 Å². The minimum Gasteiger partial charge on any atom is -0.497 e. The second-order valence-electron chi connectivity index (χ2n) is 4.32. The van der Waals surface area contributed by atoms with Gasteiger partial charge in [-0.1, -0.05) is 0 Å². The monoisotopic (exact) mass is 296 g/mol. The maximum atomic E-state index is 9.29. The Balaban J connectivity index is 2.06. The quantitative estimate of drug-likeness (QED) is 0.800. The zero-order chi connectivity index (χ0) is 14.7. The lowest BCUT2D eigenvalue weighted by atomic mass is 10.1. The molecule has 0 bridgehead atoms. The molecule has 0 unspecified atom stereocenters. The number of aromatic nitrogens is 2. The van der Waals surface area contributed by atoms with Crippen LogP contribution in [0.25, 0.3) is 10.9 Å². The van der Waals surface area contributed by atoms with Gasteiger partial charge in [0.25, 0.3) is 0 Å². The molecule has 6 heteroatoms. The molecule has 21 heavy (non-hydrogen) atoms. The molecule has 3 rings (SSSR count). The van der Waals surface area contributed by atoms with E-state index in [1.54, 1.807) is 30.8 Å². The standard InChI is InChI=1S/C15H12N4OS/c1-20-11-2-3-13-12(6-11)15(10(7-16)8-18-13)19-9-14-17-4-5-21-14/h2-6,8H,9H2,1H3,(H,18,19).